The van der Waals surface area contributed by atoms with Gasteiger partial charge in [-0.25, -0.2) is 0 Å². The van der Waals surface area contributed by atoms with Crippen LogP contribution in [0.1, 0.15) is 19.8 Å². The highest BCUT2D eigenvalue weighted by Gasteiger charge is 2.43. The van der Waals surface area contributed by atoms with Gasteiger partial charge in [-0.05, 0) is 30.1 Å². The van der Waals surface area contributed by atoms with Crippen molar-refractivity contribution in [1.82, 2.24) is 0 Å². The van der Waals surface area contributed by atoms with E-state index >= 15 is 0 Å². The van der Waals surface area contributed by atoms with E-state index in [2.05, 4.69) is 35.0 Å². The van der Waals surface area contributed by atoms with Gasteiger partial charge < -0.3 is 0 Å². The average Bonchev–Trinajstić information content (AvgIpc) is 2.46. The number of hydrogen-bond acceptors (Lipinski definition) is 0. The molecule has 0 aromatic heterocycles. The van der Waals surface area contributed by atoms with Gasteiger partial charge in [-0.3, -0.25) is 0 Å². The molecule has 2 aliphatic rings. The standard InChI is InChI=1S/C9H13Br/c1-9(6-10)5-7-2-3-8(9)4-7/h2-3,7-8H,4-6H2,1H3/t7?,8?,9-/m0/s1. The van der Waals surface area contributed by atoms with E-state index in [-0.39, 0.29) is 0 Å². The molecule has 0 amide bonds. The van der Waals surface area contributed by atoms with Gasteiger partial charge in [0.1, 0.15) is 0 Å². The number of alkyl halides is 1. The molecular formula is C9H13Br. The van der Waals surface area contributed by atoms with Crippen LogP contribution in [0.15, 0.2) is 12.2 Å². The van der Waals surface area contributed by atoms with Crippen molar-refractivity contribution in [2.75, 3.05) is 5.33 Å². The molecule has 1 heteroatoms. The summed E-state index contributed by atoms with van der Waals surface area (Å²) < 4.78 is 0. The quantitative estimate of drug-likeness (QED) is 0.452. The monoisotopic (exact) mass is 200 g/mol. The third-order valence-corrected chi connectivity index (χ3v) is 4.38. The second-order valence-electron chi connectivity index (χ2n) is 3.98. The van der Waals surface area contributed by atoms with E-state index in [9.17, 15) is 0 Å². The molecule has 1 fully saturated rings. The summed E-state index contributed by atoms with van der Waals surface area (Å²) in [5, 5.41) is 1.17. The maximum Gasteiger partial charge on any atom is 0.00911 e. The Kier molecular flexibility index (Phi) is 1.45. The molecular weight excluding hydrogens is 188 g/mol. The van der Waals surface area contributed by atoms with Crippen LogP contribution in [0.5, 0.6) is 0 Å². The lowest BCUT2D eigenvalue weighted by Crippen LogP contribution is -2.23. The average molecular weight is 201 g/mol. The summed E-state index contributed by atoms with van der Waals surface area (Å²) in [6, 6.07) is 0. The van der Waals surface area contributed by atoms with Crippen molar-refractivity contribution in [2.45, 2.75) is 19.8 Å². The summed E-state index contributed by atoms with van der Waals surface area (Å²) in [5.74, 6) is 1.78. The van der Waals surface area contributed by atoms with E-state index < -0.39 is 0 Å². The first-order valence-electron chi connectivity index (χ1n) is 3.99. The lowest BCUT2D eigenvalue weighted by atomic mass is 9.80. The smallest absolute Gasteiger partial charge is 0.00911 e. The molecule has 0 nitrogen and oxygen atoms in total. The fourth-order valence-electron chi connectivity index (χ4n) is 2.35. The molecule has 3 atom stereocenters. The van der Waals surface area contributed by atoms with E-state index in [0.717, 1.165) is 11.8 Å². The second kappa shape index (κ2) is 2.10. The topological polar surface area (TPSA) is 0 Å². The van der Waals surface area contributed by atoms with Crippen LogP contribution < -0.4 is 0 Å². The van der Waals surface area contributed by atoms with Gasteiger partial charge in [-0.15, -0.1) is 0 Å². The first-order valence-corrected chi connectivity index (χ1v) is 5.11. The van der Waals surface area contributed by atoms with Gasteiger partial charge in [0.25, 0.3) is 0 Å². The van der Waals surface area contributed by atoms with Crippen LogP contribution in [0.25, 0.3) is 0 Å². The molecule has 2 unspecified atom stereocenters. The van der Waals surface area contributed by atoms with E-state index in [0.29, 0.717) is 5.41 Å². The molecule has 2 aliphatic carbocycles. The van der Waals surface area contributed by atoms with Gasteiger partial charge in [-0.1, -0.05) is 35.0 Å². The van der Waals surface area contributed by atoms with Crippen molar-refractivity contribution in [1.29, 1.82) is 0 Å². The molecule has 1 saturated carbocycles. The second-order valence-corrected chi connectivity index (χ2v) is 4.54. The number of allylic oxidation sites excluding steroid dienone is 2. The molecule has 0 aromatic rings. The van der Waals surface area contributed by atoms with Crippen LogP contribution in [-0.4, -0.2) is 5.33 Å². The molecule has 2 rings (SSSR count). The molecule has 0 heterocycles. The lowest BCUT2D eigenvalue weighted by molar-refractivity contribution is 0.310. The van der Waals surface area contributed by atoms with Gasteiger partial charge in [-0.2, -0.15) is 0 Å². The first kappa shape index (κ1) is 6.90. The molecule has 10 heavy (non-hydrogen) atoms. The van der Waals surface area contributed by atoms with Gasteiger partial charge in [0.2, 0.25) is 0 Å². The molecule has 0 aliphatic heterocycles. The SMILES string of the molecule is C[C@@]1(CBr)CC2C=CC1C2. The van der Waals surface area contributed by atoms with E-state index in [1.807, 2.05) is 0 Å². The van der Waals surface area contributed by atoms with E-state index in [1.165, 1.54) is 18.2 Å². The Morgan fingerprint density at radius 2 is 2.40 bits per heavy atom. The number of halogens is 1. The molecule has 0 N–H and O–H groups in total. The summed E-state index contributed by atoms with van der Waals surface area (Å²) in [6.07, 6.45) is 7.63. The predicted octanol–water partition coefficient (Wildman–Crippen LogP) is 2.98. The molecule has 2 bridgehead atoms. The largest absolute Gasteiger partial charge is 0.0922 e. The minimum Gasteiger partial charge on any atom is -0.0922 e. The highest BCUT2D eigenvalue weighted by molar-refractivity contribution is 9.09. The highest BCUT2D eigenvalue weighted by atomic mass is 79.9. The van der Waals surface area contributed by atoms with Crippen LogP contribution in [0.2, 0.25) is 0 Å². The van der Waals surface area contributed by atoms with Crippen molar-refractivity contribution < 1.29 is 0 Å². The van der Waals surface area contributed by atoms with Crippen LogP contribution in [0.3, 0.4) is 0 Å². The summed E-state index contributed by atoms with van der Waals surface area (Å²) in [7, 11) is 0. The first-order chi connectivity index (χ1) is 4.74. The van der Waals surface area contributed by atoms with Crippen LogP contribution >= 0.6 is 15.9 Å². The highest BCUT2D eigenvalue weighted by Crippen LogP contribution is 2.52. The third-order valence-electron chi connectivity index (χ3n) is 3.10. The summed E-state index contributed by atoms with van der Waals surface area (Å²) in [4.78, 5) is 0. The maximum atomic E-state index is 3.60. The Morgan fingerprint density at radius 3 is 2.70 bits per heavy atom. The zero-order valence-electron chi connectivity index (χ0n) is 6.31. The molecule has 0 radical (unpaired) electrons. The number of hydrogen-bond donors (Lipinski definition) is 0. The van der Waals surface area contributed by atoms with Crippen molar-refractivity contribution >= 4 is 15.9 Å². The van der Waals surface area contributed by atoms with Crippen LogP contribution in [0.4, 0.5) is 0 Å². The van der Waals surface area contributed by atoms with Crippen molar-refractivity contribution in [2.24, 2.45) is 17.3 Å². The Hall–Kier alpha value is 0.220. The van der Waals surface area contributed by atoms with Gasteiger partial charge in [0.05, 0.1) is 0 Å². The maximum absolute atomic E-state index is 3.60. The minimum absolute atomic E-state index is 0.583. The summed E-state index contributed by atoms with van der Waals surface area (Å²) >= 11 is 3.60. The van der Waals surface area contributed by atoms with Gasteiger partial charge in [0, 0.05) is 5.33 Å². The number of rotatable bonds is 1. The van der Waals surface area contributed by atoms with Crippen LogP contribution in [-0.2, 0) is 0 Å². The predicted molar refractivity (Wildman–Crippen MR) is 47.3 cm³/mol. The zero-order chi connectivity index (χ0) is 7.19. The Balaban J connectivity index is 2.22. The third kappa shape index (κ3) is 0.795. The van der Waals surface area contributed by atoms with Gasteiger partial charge in [0.15, 0.2) is 0 Å². The van der Waals surface area contributed by atoms with Crippen LogP contribution in [0, 0.1) is 17.3 Å². The number of fused-ring (bicyclic) bond motifs is 2. The molecule has 56 valence electrons. The normalized spacial score (nSPS) is 50.6. The van der Waals surface area contributed by atoms with E-state index in [4.69, 9.17) is 0 Å². The summed E-state index contributed by atoms with van der Waals surface area (Å²) in [5.41, 5.74) is 0.583. The lowest BCUT2D eigenvalue weighted by Gasteiger charge is -2.28. The molecule has 0 spiro atoms. The van der Waals surface area contributed by atoms with Gasteiger partial charge >= 0.3 is 0 Å². The Labute approximate surface area is 70.8 Å². The Morgan fingerprint density at radius 1 is 1.60 bits per heavy atom. The fraction of sp³-hybridized carbons (Fsp3) is 0.778. The van der Waals surface area contributed by atoms with Crippen molar-refractivity contribution in [3.05, 3.63) is 12.2 Å². The zero-order valence-corrected chi connectivity index (χ0v) is 7.89. The minimum atomic E-state index is 0.583. The van der Waals surface area contributed by atoms with Crippen molar-refractivity contribution in [3.8, 4) is 0 Å². The van der Waals surface area contributed by atoms with Crippen molar-refractivity contribution in [3.63, 3.8) is 0 Å². The molecule has 0 saturated heterocycles. The fourth-order valence-corrected chi connectivity index (χ4v) is 2.99. The Bertz CT molecular complexity index is 174. The van der Waals surface area contributed by atoms with E-state index in [1.54, 1.807) is 0 Å². The molecule has 0 aromatic carbocycles. The summed E-state index contributed by atoms with van der Waals surface area (Å²) in [6.45, 7) is 2.40.